The van der Waals surface area contributed by atoms with Crippen molar-refractivity contribution in [2.45, 2.75) is 12.5 Å². The molecule has 17 heavy (non-hydrogen) atoms. The molecule has 92 valence electrons. The van der Waals surface area contributed by atoms with Gasteiger partial charge in [0.1, 0.15) is 0 Å². The van der Waals surface area contributed by atoms with Crippen LogP contribution in [-0.2, 0) is 4.79 Å². The lowest BCUT2D eigenvalue weighted by Gasteiger charge is -2.28. The quantitative estimate of drug-likeness (QED) is 0.802. The fourth-order valence-electron chi connectivity index (χ4n) is 2.00. The molecule has 0 spiro atoms. The predicted octanol–water partition coefficient (Wildman–Crippen LogP) is 0.542. The number of aliphatic hydroxyl groups excluding tert-OH is 1. The zero-order valence-electron chi connectivity index (χ0n) is 9.80. The van der Waals surface area contributed by atoms with Gasteiger partial charge in [-0.3, -0.25) is 4.79 Å². The average molecular weight is 234 g/mol. The van der Waals surface area contributed by atoms with E-state index in [0.29, 0.717) is 0 Å². The summed E-state index contributed by atoms with van der Waals surface area (Å²) in [6.45, 7) is 3.15. The van der Waals surface area contributed by atoms with Crippen LogP contribution in [0.25, 0.3) is 0 Å². The number of benzene rings is 1. The van der Waals surface area contributed by atoms with Gasteiger partial charge < -0.3 is 15.3 Å². The summed E-state index contributed by atoms with van der Waals surface area (Å²) in [7, 11) is 0. The molecule has 0 bridgehead atoms. The largest absolute Gasteiger partial charge is 0.388 e. The summed E-state index contributed by atoms with van der Waals surface area (Å²) in [6, 6.07) is 9.32. The van der Waals surface area contributed by atoms with Crippen LogP contribution in [0.5, 0.6) is 0 Å². The Labute approximate surface area is 101 Å². The minimum absolute atomic E-state index is 0.0304. The summed E-state index contributed by atoms with van der Waals surface area (Å²) >= 11 is 0. The van der Waals surface area contributed by atoms with Crippen molar-refractivity contribution >= 4 is 5.91 Å². The molecule has 1 unspecified atom stereocenters. The third-order valence-corrected chi connectivity index (χ3v) is 3.02. The summed E-state index contributed by atoms with van der Waals surface area (Å²) < 4.78 is 0. The van der Waals surface area contributed by atoms with Gasteiger partial charge in [-0.15, -0.1) is 0 Å². The molecule has 0 radical (unpaired) electrons. The van der Waals surface area contributed by atoms with E-state index in [1.54, 1.807) is 0 Å². The number of hydrogen-bond donors (Lipinski definition) is 2. The molecular weight excluding hydrogens is 216 g/mol. The second-order valence-electron chi connectivity index (χ2n) is 4.26. The van der Waals surface area contributed by atoms with Gasteiger partial charge in [-0.2, -0.15) is 0 Å². The van der Waals surface area contributed by atoms with E-state index in [2.05, 4.69) is 5.32 Å². The lowest BCUT2D eigenvalue weighted by atomic mass is 10.1. The summed E-state index contributed by atoms with van der Waals surface area (Å²) in [5, 5.41) is 13.2. The molecule has 1 aliphatic heterocycles. The molecule has 4 heteroatoms. The van der Waals surface area contributed by atoms with E-state index in [4.69, 9.17) is 0 Å². The van der Waals surface area contributed by atoms with Crippen molar-refractivity contribution in [1.29, 1.82) is 0 Å². The molecule has 1 atom stereocenters. The molecule has 2 rings (SSSR count). The molecule has 1 saturated heterocycles. The first-order valence-electron chi connectivity index (χ1n) is 5.99. The number of amides is 1. The van der Waals surface area contributed by atoms with Crippen LogP contribution in [0.2, 0.25) is 0 Å². The maximum Gasteiger partial charge on any atom is 0.225 e. The summed E-state index contributed by atoms with van der Waals surface area (Å²) in [6.07, 6.45) is -0.525. The topological polar surface area (TPSA) is 52.6 Å². The smallest absolute Gasteiger partial charge is 0.225 e. The zero-order chi connectivity index (χ0) is 12.1. The van der Waals surface area contributed by atoms with E-state index in [1.165, 1.54) is 0 Å². The molecule has 2 N–H and O–H groups in total. The second kappa shape index (κ2) is 5.80. The SMILES string of the molecule is O=C(CC(O)c1ccccc1)N1CCNCC1. The van der Waals surface area contributed by atoms with E-state index in [1.807, 2.05) is 35.2 Å². The number of carbonyl (C=O) groups excluding carboxylic acids is 1. The molecular formula is C13H18N2O2. The Balaban J connectivity index is 1.89. The van der Waals surface area contributed by atoms with Crippen molar-refractivity contribution < 1.29 is 9.90 Å². The van der Waals surface area contributed by atoms with Gasteiger partial charge in [-0.1, -0.05) is 30.3 Å². The van der Waals surface area contributed by atoms with Gasteiger partial charge in [0, 0.05) is 26.2 Å². The van der Waals surface area contributed by atoms with Crippen molar-refractivity contribution in [2.24, 2.45) is 0 Å². The van der Waals surface area contributed by atoms with Crippen molar-refractivity contribution in [2.75, 3.05) is 26.2 Å². The van der Waals surface area contributed by atoms with Crippen molar-refractivity contribution in [3.05, 3.63) is 35.9 Å². The maximum absolute atomic E-state index is 11.9. The molecule has 1 amide bonds. The van der Waals surface area contributed by atoms with Crippen LogP contribution in [0.15, 0.2) is 30.3 Å². The number of piperazine rings is 1. The molecule has 0 aromatic heterocycles. The fourth-order valence-corrected chi connectivity index (χ4v) is 2.00. The van der Waals surface area contributed by atoms with Crippen LogP contribution in [0.4, 0.5) is 0 Å². The van der Waals surface area contributed by atoms with Crippen LogP contribution >= 0.6 is 0 Å². The number of aliphatic hydroxyl groups is 1. The van der Waals surface area contributed by atoms with Crippen LogP contribution in [0.3, 0.4) is 0 Å². The van der Waals surface area contributed by atoms with Gasteiger partial charge in [0.15, 0.2) is 0 Å². The first-order chi connectivity index (χ1) is 8.27. The summed E-state index contributed by atoms with van der Waals surface area (Å²) in [5.74, 6) is 0.0304. The highest BCUT2D eigenvalue weighted by molar-refractivity contribution is 5.77. The van der Waals surface area contributed by atoms with E-state index >= 15 is 0 Å². The average Bonchev–Trinajstić information content (AvgIpc) is 2.40. The van der Waals surface area contributed by atoms with E-state index in [-0.39, 0.29) is 12.3 Å². The van der Waals surface area contributed by atoms with Gasteiger partial charge >= 0.3 is 0 Å². The summed E-state index contributed by atoms with van der Waals surface area (Å²) in [4.78, 5) is 13.7. The molecule has 4 nitrogen and oxygen atoms in total. The van der Waals surface area contributed by atoms with Crippen LogP contribution in [-0.4, -0.2) is 42.1 Å². The zero-order valence-corrected chi connectivity index (χ0v) is 9.80. The van der Waals surface area contributed by atoms with Crippen molar-refractivity contribution in [3.63, 3.8) is 0 Å². The van der Waals surface area contributed by atoms with E-state index in [9.17, 15) is 9.90 Å². The predicted molar refractivity (Wildman–Crippen MR) is 65.5 cm³/mol. The number of rotatable bonds is 3. The third-order valence-electron chi connectivity index (χ3n) is 3.02. The highest BCUT2D eigenvalue weighted by Gasteiger charge is 2.19. The van der Waals surface area contributed by atoms with Gasteiger partial charge in [0.2, 0.25) is 5.91 Å². The molecule has 1 heterocycles. The van der Waals surface area contributed by atoms with E-state index < -0.39 is 6.10 Å². The highest BCUT2D eigenvalue weighted by atomic mass is 16.3. The van der Waals surface area contributed by atoms with E-state index in [0.717, 1.165) is 31.7 Å². The van der Waals surface area contributed by atoms with Crippen molar-refractivity contribution in [3.8, 4) is 0 Å². The third kappa shape index (κ3) is 3.28. The second-order valence-corrected chi connectivity index (χ2v) is 4.26. The van der Waals surface area contributed by atoms with Gasteiger partial charge in [0.05, 0.1) is 12.5 Å². The molecule has 0 saturated carbocycles. The Kier molecular flexibility index (Phi) is 4.12. The lowest BCUT2D eigenvalue weighted by molar-refractivity contribution is -0.133. The van der Waals surface area contributed by atoms with Crippen LogP contribution in [0.1, 0.15) is 18.1 Å². The molecule has 1 aromatic carbocycles. The Morgan fingerprint density at radius 2 is 1.94 bits per heavy atom. The Morgan fingerprint density at radius 3 is 2.59 bits per heavy atom. The Hall–Kier alpha value is -1.39. The molecule has 1 aromatic rings. The lowest BCUT2D eigenvalue weighted by Crippen LogP contribution is -2.46. The highest BCUT2D eigenvalue weighted by Crippen LogP contribution is 2.17. The first kappa shape index (κ1) is 12.1. The fraction of sp³-hybridized carbons (Fsp3) is 0.462. The monoisotopic (exact) mass is 234 g/mol. The van der Waals surface area contributed by atoms with Crippen LogP contribution in [0, 0.1) is 0 Å². The number of hydrogen-bond acceptors (Lipinski definition) is 3. The normalized spacial score (nSPS) is 17.8. The minimum atomic E-state index is -0.696. The molecule has 0 aliphatic carbocycles. The number of nitrogens with zero attached hydrogens (tertiary/aromatic N) is 1. The Bertz CT molecular complexity index is 361. The number of carbonyl (C=O) groups is 1. The van der Waals surface area contributed by atoms with Crippen molar-refractivity contribution in [1.82, 2.24) is 10.2 Å². The first-order valence-corrected chi connectivity index (χ1v) is 5.99. The van der Waals surface area contributed by atoms with Gasteiger partial charge in [0.25, 0.3) is 0 Å². The number of nitrogens with one attached hydrogen (secondary N) is 1. The molecule has 1 aliphatic rings. The molecule has 1 fully saturated rings. The minimum Gasteiger partial charge on any atom is -0.388 e. The summed E-state index contributed by atoms with van der Waals surface area (Å²) in [5.41, 5.74) is 0.802. The van der Waals surface area contributed by atoms with Crippen LogP contribution < -0.4 is 5.32 Å². The van der Waals surface area contributed by atoms with Gasteiger partial charge in [-0.05, 0) is 5.56 Å². The Morgan fingerprint density at radius 1 is 1.29 bits per heavy atom. The maximum atomic E-state index is 11.9. The van der Waals surface area contributed by atoms with Gasteiger partial charge in [-0.25, -0.2) is 0 Å². The standard InChI is InChI=1S/C13H18N2O2/c16-12(11-4-2-1-3-5-11)10-13(17)15-8-6-14-7-9-15/h1-5,12,14,16H,6-10H2.